The second-order valence-electron chi connectivity index (χ2n) is 5.83. The maximum atomic E-state index is 14.5. The summed E-state index contributed by atoms with van der Waals surface area (Å²) in [5.74, 6) is -2.40. The molecule has 1 aromatic carbocycles. The molecule has 0 radical (unpaired) electrons. The molecule has 1 aromatic rings. The lowest BCUT2D eigenvalue weighted by molar-refractivity contribution is -0.384. The van der Waals surface area contributed by atoms with Crippen LogP contribution in [0.15, 0.2) is 22.1 Å². The van der Waals surface area contributed by atoms with Crippen LogP contribution in [0.5, 0.6) is 0 Å². The van der Waals surface area contributed by atoms with Gasteiger partial charge in [-0.2, -0.15) is 4.99 Å². The van der Waals surface area contributed by atoms with Crippen LogP contribution in [0.1, 0.15) is 32.1 Å². The standard InChI is InChI=1S/C14H16F2N6O2/c15-8-6-9(16)11(10(7-8)22(23)24)21-13(18)19-12(17)20-14(21)4-2-1-3-5-14/h6-7H,1-5H2,(H4,17,18,19,20). The van der Waals surface area contributed by atoms with E-state index in [-0.39, 0.29) is 11.9 Å². The van der Waals surface area contributed by atoms with Gasteiger partial charge in [-0.05, 0) is 25.7 Å². The van der Waals surface area contributed by atoms with E-state index in [0.29, 0.717) is 25.0 Å². The van der Waals surface area contributed by atoms with Crippen LogP contribution in [0.25, 0.3) is 0 Å². The van der Waals surface area contributed by atoms with E-state index < -0.39 is 33.6 Å². The van der Waals surface area contributed by atoms with Gasteiger partial charge in [0.1, 0.15) is 11.5 Å². The van der Waals surface area contributed by atoms with Crippen molar-refractivity contribution in [3.63, 3.8) is 0 Å². The summed E-state index contributed by atoms with van der Waals surface area (Å²) in [4.78, 5) is 19.8. The van der Waals surface area contributed by atoms with Crippen molar-refractivity contribution in [3.05, 3.63) is 33.9 Å². The Balaban J connectivity index is 2.23. The first-order chi connectivity index (χ1) is 11.3. The van der Waals surface area contributed by atoms with Crippen LogP contribution in [0.3, 0.4) is 0 Å². The molecule has 128 valence electrons. The molecule has 0 amide bonds. The van der Waals surface area contributed by atoms with Gasteiger partial charge in [0.25, 0.3) is 5.69 Å². The summed E-state index contributed by atoms with van der Waals surface area (Å²) in [6, 6.07) is 1.23. The molecule has 1 heterocycles. The third-order valence-corrected chi connectivity index (χ3v) is 4.28. The van der Waals surface area contributed by atoms with Crippen LogP contribution < -0.4 is 16.4 Å². The normalized spacial score (nSPS) is 19.8. The van der Waals surface area contributed by atoms with Crippen molar-refractivity contribution < 1.29 is 13.7 Å². The lowest BCUT2D eigenvalue weighted by Crippen LogP contribution is -2.58. The second-order valence-corrected chi connectivity index (χ2v) is 5.83. The van der Waals surface area contributed by atoms with Crippen LogP contribution in [-0.4, -0.2) is 22.5 Å². The second kappa shape index (κ2) is 5.69. The summed E-state index contributed by atoms with van der Waals surface area (Å²) >= 11 is 0. The Morgan fingerprint density at radius 1 is 1.21 bits per heavy atom. The number of guanidine groups is 2. The van der Waals surface area contributed by atoms with E-state index in [4.69, 9.17) is 11.5 Å². The Bertz CT molecular complexity index is 758. The van der Waals surface area contributed by atoms with E-state index in [9.17, 15) is 18.9 Å². The van der Waals surface area contributed by atoms with E-state index in [1.807, 2.05) is 0 Å². The lowest BCUT2D eigenvalue weighted by atomic mass is 9.87. The molecule has 1 saturated carbocycles. The molecule has 1 aliphatic heterocycles. The van der Waals surface area contributed by atoms with Crippen molar-refractivity contribution in [1.29, 1.82) is 0 Å². The highest BCUT2D eigenvalue weighted by molar-refractivity contribution is 6.06. The predicted octanol–water partition coefficient (Wildman–Crippen LogP) is 1.98. The highest BCUT2D eigenvalue weighted by Gasteiger charge is 2.46. The quantitative estimate of drug-likeness (QED) is 0.630. The lowest BCUT2D eigenvalue weighted by Gasteiger charge is -2.45. The minimum atomic E-state index is -1.10. The molecule has 3 rings (SSSR count). The van der Waals surface area contributed by atoms with Crippen LogP contribution >= 0.6 is 0 Å². The zero-order valence-corrected chi connectivity index (χ0v) is 12.7. The van der Waals surface area contributed by atoms with Gasteiger partial charge in [0, 0.05) is 6.07 Å². The third kappa shape index (κ3) is 2.53. The van der Waals surface area contributed by atoms with E-state index in [0.717, 1.165) is 19.3 Å². The van der Waals surface area contributed by atoms with Crippen molar-refractivity contribution >= 4 is 23.3 Å². The Kier molecular flexibility index (Phi) is 3.82. The molecule has 0 atom stereocenters. The molecule has 4 N–H and O–H groups in total. The van der Waals surface area contributed by atoms with Gasteiger partial charge < -0.3 is 11.5 Å². The van der Waals surface area contributed by atoms with E-state index in [1.54, 1.807) is 0 Å². The van der Waals surface area contributed by atoms with Crippen LogP contribution in [0.4, 0.5) is 20.2 Å². The van der Waals surface area contributed by atoms with Crippen LogP contribution in [0, 0.1) is 21.7 Å². The summed E-state index contributed by atoms with van der Waals surface area (Å²) in [6.45, 7) is 0. The number of anilines is 1. The molecule has 2 aliphatic rings. The zero-order chi connectivity index (χ0) is 17.5. The van der Waals surface area contributed by atoms with Gasteiger partial charge in [0.05, 0.1) is 11.0 Å². The number of hydrogen-bond donors (Lipinski definition) is 2. The molecule has 0 unspecified atom stereocenters. The minimum absolute atomic E-state index is 0.0594. The summed E-state index contributed by atoms with van der Waals surface area (Å²) in [7, 11) is 0. The highest BCUT2D eigenvalue weighted by Crippen LogP contribution is 2.43. The monoisotopic (exact) mass is 338 g/mol. The Morgan fingerprint density at radius 2 is 1.88 bits per heavy atom. The number of halogens is 2. The molecular weight excluding hydrogens is 322 g/mol. The van der Waals surface area contributed by atoms with Gasteiger partial charge in [-0.3, -0.25) is 15.0 Å². The number of nitrogens with two attached hydrogens (primary N) is 2. The van der Waals surface area contributed by atoms with E-state index in [1.165, 1.54) is 4.90 Å². The maximum Gasteiger partial charge on any atom is 0.299 e. The Hall–Kier alpha value is -2.78. The van der Waals surface area contributed by atoms with E-state index in [2.05, 4.69) is 9.98 Å². The van der Waals surface area contributed by atoms with Crippen LogP contribution in [0.2, 0.25) is 0 Å². The third-order valence-electron chi connectivity index (χ3n) is 4.28. The molecule has 1 spiro atoms. The fourth-order valence-electron chi connectivity index (χ4n) is 3.36. The first-order valence-corrected chi connectivity index (χ1v) is 7.47. The Morgan fingerprint density at radius 3 is 2.50 bits per heavy atom. The van der Waals surface area contributed by atoms with Gasteiger partial charge in [-0.15, -0.1) is 0 Å². The topological polar surface area (TPSA) is 123 Å². The SMILES string of the molecule is NC1=NC2(CCCCC2)N(c2c(F)cc(F)cc2[N+](=O)[O-])C(N)=N1. The molecule has 24 heavy (non-hydrogen) atoms. The van der Waals surface area contributed by atoms with Crippen molar-refractivity contribution in [3.8, 4) is 0 Å². The van der Waals surface area contributed by atoms with Gasteiger partial charge in [-0.1, -0.05) is 6.42 Å². The Labute approximate surface area is 136 Å². The number of aliphatic imine (C=N–C) groups is 2. The summed E-state index contributed by atoms with van der Waals surface area (Å²) in [5, 5.41) is 11.3. The average molecular weight is 338 g/mol. The number of nitrogens with zero attached hydrogens (tertiary/aromatic N) is 4. The zero-order valence-electron chi connectivity index (χ0n) is 12.7. The number of benzene rings is 1. The van der Waals surface area contributed by atoms with Gasteiger partial charge in [-0.25, -0.2) is 13.8 Å². The highest BCUT2D eigenvalue weighted by atomic mass is 19.1. The summed E-state index contributed by atoms with van der Waals surface area (Å²) in [6.07, 6.45) is 3.47. The molecule has 0 bridgehead atoms. The van der Waals surface area contributed by atoms with Crippen molar-refractivity contribution in [1.82, 2.24) is 0 Å². The van der Waals surface area contributed by atoms with Crippen molar-refractivity contribution in [2.75, 3.05) is 4.90 Å². The van der Waals surface area contributed by atoms with Crippen molar-refractivity contribution in [2.24, 2.45) is 21.5 Å². The first kappa shape index (κ1) is 16.1. The number of rotatable bonds is 2. The maximum absolute atomic E-state index is 14.5. The van der Waals surface area contributed by atoms with E-state index >= 15 is 0 Å². The molecule has 8 nitrogen and oxygen atoms in total. The number of hydrogen-bond acceptors (Lipinski definition) is 7. The molecule has 0 saturated heterocycles. The molecule has 1 fully saturated rings. The average Bonchev–Trinajstić information content (AvgIpc) is 2.48. The minimum Gasteiger partial charge on any atom is -0.369 e. The van der Waals surface area contributed by atoms with Gasteiger partial charge in [0.2, 0.25) is 11.9 Å². The van der Waals surface area contributed by atoms with Gasteiger partial charge in [0.15, 0.2) is 11.5 Å². The van der Waals surface area contributed by atoms with Crippen molar-refractivity contribution in [2.45, 2.75) is 37.8 Å². The molecule has 1 aliphatic carbocycles. The fourth-order valence-corrected chi connectivity index (χ4v) is 3.36. The first-order valence-electron chi connectivity index (χ1n) is 7.47. The smallest absolute Gasteiger partial charge is 0.299 e. The molecular formula is C14H16F2N6O2. The number of nitro groups is 1. The fraction of sp³-hybridized carbons (Fsp3) is 0.429. The predicted molar refractivity (Wildman–Crippen MR) is 84.6 cm³/mol. The van der Waals surface area contributed by atoms with Crippen LogP contribution in [-0.2, 0) is 0 Å². The molecule has 0 aromatic heterocycles. The van der Waals surface area contributed by atoms with Gasteiger partial charge >= 0.3 is 0 Å². The number of nitro benzene ring substituents is 1. The summed E-state index contributed by atoms with van der Waals surface area (Å²) in [5.41, 5.74) is 9.40. The summed E-state index contributed by atoms with van der Waals surface area (Å²) < 4.78 is 27.9. The largest absolute Gasteiger partial charge is 0.369 e. The molecule has 10 heteroatoms.